The number of hydrogen-bond acceptors (Lipinski definition) is 5. The summed E-state index contributed by atoms with van der Waals surface area (Å²) in [5, 5.41) is 2.49. The van der Waals surface area contributed by atoms with Gasteiger partial charge in [0, 0.05) is 26.5 Å². The van der Waals surface area contributed by atoms with Gasteiger partial charge in [0.15, 0.2) is 23.0 Å². The zero-order chi connectivity index (χ0) is 39.0. The number of amides is 2. The van der Waals surface area contributed by atoms with Crippen LogP contribution in [0.4, 0.5) is 5.69 Å². The summed E-state index contributed by atoms with van der Waals surface area (Å²) < 4.78 is 9.99. The summed E-state index contributed by atoms with van der Waals surface area (Å²) in [5.74, 6) is 1.85. The third-order valence-corrected chi connectivity index (χ3v) is 9.79. The number of ether oxygens (including phenoxy) is 1. The summed E-state index contributed by atoms with van der Waals surface area (Å²) in [4.78, 5) is 29.9. The number of carbonyl (C=O) groups excluding carboxylic acids is 2. The van der Waals surface area contributed by atoms with Gasteiger partial charge in [-0.15, -0.1) is 0 Å². The Kier molecular flexibility index (Phi) is 25.9. The Morgan fingerprint density at radius 2 is 1.63 bits per heavy atom. The first-order valence-electron chi connectivity index (χ1n) is 19.5. The lowest BCUT2D eigenvalue weighted by Gasteiger charge is -2.27. The summed E-state index contributed by atoms with van der Waals surface area (Å²) in [6.07, 6.45) is 12.5. The quantitative estimate of drug-likeness (QED) is 0.163. The summed E-state index contributed by atoms with van der Waals surface area (Å²) in [7, 11) is 3.25. The van der Waals surface area contributed by atoms with E-state index in [9.17, 15) is 9.59 Å². The molecule has 290 valence electrons. The number of likely N-dealkylation sites (tertiary alicyclic amines) is 1. The van der Waals surface area contributed by atoms with Crippen LogP contribution in [0.2, 0.25) is 0 Å². The van der Waals surface area contributed by atoms with Gasteiger partial charge in [-0.2, -0.15) is 0 Å². The minimum Gasteiger partial charge on any atom is -0.427 e. The largest absolute Gasteiger partial charge is 0.427 e. The zero-order valence-electron chi connectivity index (χ0n) is 34.5. The monoisotopic (exact) mass is 821 g/mol. The Bertz CT molecular complexity index is 1300. The van der Waals surface area contributed by atoms with Crippen LogP contribution in [0.5, 0.6) is 5.75 Å². The molecule has 1 aliphatic heterocycles. The molecule has 3 aliphatic rings. The van der Waals surface area contributed by atoms with Gasteiger partial charge in [0.2, 0.25) is 12.3 Å². The van der Waals surface area contributed by atoms with Gasteiger partial charge in [-0.3, -0.25) is 14.6 Å². The van der Waals surface area contributed by atoms with Crippen molar-refractivity contribution in [2.24, 2.45) is 10.9 Å². The average Bonchev–Trinajstić information content (AvgIpc) is 3.92. The lowest BCUT2D eigenvalue weighted by molar-refractivity contribution is -0.131. The summed E-state index contributed by atoms with van der Waals surface area (Å²) in [6, 6.07) is 10.9. The predicted molar refractivity (Wildman–Crippen MR) is 228 cm³/mol. The maximum Gasteiger partial charge on any atom is 0.242 e. The molecule has 0 aromatic heterocycles. The van der Waals surface area contributed by atoms with E-state index in [1.807, 2.05) is 62.5 Å². The molecule has 2 aliphatic carbocycles. The van der Waals surface area contributed by atoms with E-state index in [1.54, 1.807) is 14.2 Å². The van der Waals surface area contributed by atoms with Crippen molar-refractivity contribution in [3.63, 3.8) is 0 Å². The number of carbonyl (C=O) groups is 2. The highest BCUT2D eigenvalue weighted by atomic mass is 127. The molecule has 8 heteroatoms. The molecule has 0 bridgehead atoms. The fraction of sp³-hybridized carbons (Fsp3) is 0.651. The second-order valence-corrected chi connectivity index (χ2v) is 13.9. The summed E-state index contributed by atoms with van der Waals surface area (Å²) in [5.41, 5.74) is 8.82. The number of methoxy groups -OCH3 is 1. The molecule has 1 heterocycles. The first-order chi connectivity index (χ1) is 24.6. The van der Waals surface area contributed by atoms with Crippen molar-refractivity contribution < 1.29 is 17.4 Å². The standard InChI is InChI=1S/C29H34IN3O3.C5H12.C3H8.C2H6O.2C2H6/c1-19-16-21(22-8-10-26(36-30)23-11-14-29(28(22)23)12-3-4-13-29)7-9-24(19)32-20(2)25-6-5-15-33(25)27(35)17-31-18-34;1-4-5(2)3;2*1-3-2;2*1-2/h7-10,16,18,25H,3-6,11-15,17H2,1-2H3,(H,31,34);5H,4H2,1-3H3;3H2,1-2H3;1-2H3;2*1-2H3. The van der Waals surface area contributed by atoms with Gasteiger partial charge in [0.05, 0.1) is 18.3 Å². The van der Waals surface area contributed by atoms with Crippen molar-refractivity contribution in [1.82, 2.24) is 10.2 Å². The normalized spacial score (nSPS) is 16.4. The molecule has 2 aromatic carbocycles. The Morgan fingerprint density at radius 3 is 2.14 bits per heavy atom. The molecule has 1 atom stereocenters. The minimum atomic E-state index is -0.0557. The summed E-state index contributed by atoms with van der Waals surface area (Å²) >= 11 is 2.01. The van der Waals surface area contributed by atoms with Crippen LogP contribution in [0.25, 0.3) is 11.1 Å². The van der Waals surface area contributed by atoms with Gasteiger partial charge >= 0.3 is 0 Å². The van der Waals surface area contributed by atoms with Crippen molar-refractivity contribution in [2.45, 2.75) is 152 Å². The number of halogens is 1. The van der Waals surface area contributed by atoms with Crippen LogP contribution >= 0.6 is 23.0 Å². The molecule has 51 heavy (non-hydrogen) atoms. The molecule has 1 saturated carbocycles. The van der Waals surface area contributed by atoms with E-state index < -0.39 is 0 Å². The number of fused-ring (bicyclic) bond motifs is 2. The highest BCUT2D eigenvalue weighted by Crippen LogP contribution is 2.55. The van der Waals surface area contributed by atoms with Gasteiger partial charge in [-0.25, -0.2) is 0 Å². The van der Waals surface area contributed by atoms with Crippen molar-refractivity contribution in [2.75, 3.05) is 27.3 Å². The van der Waals surface area contributed by atoms with E-state index in [2.05, 4.69) is 81.9 Å². The van der Waals surface area contributed by atoms with Crippen LogP contribution in [0.15, 0.2) is 35.3 Å². The number of aryl methyl sites for hydroxylation is 1. The number of nitrogens with zero attached hydrogens (tertiary/aromatic N) is 2. The lowest BCUT2D eigenvalue weighted by Crippen LogP contribution is -2.43. The third kappa shape index (κ3) is 14.5. The minimum absolute atomic E-state index is 0.0173. The van der Waals surface area contributed by atoms with E-state index >= 15 is 0 Å². The second kappa shape index (κ2) is 27.2. The van der Waals surface area contributed by atoms with Crippen LogP contribution < -0.4 is 8.38 Å². The van der Waals surface area contributed by atoms with E-state index in [-0.39, 0.29) is 18.5 Å². The topological polar surface area (TPSA) is 80.2 Å². The molecule has 5 rings (SSSR count). The molecule has 1 spiro atoms. The Morgan fingerprint density at radius 1 is 1.04 bits per heavy atom. The maximum atomic E-state index is 12.5. The zero-order valence-corrected chi connectivity index (χ0v) is 36.7. The number of aliphatic imine (C=N–C) groups is 1. The fourth-order valence-corrected chi connectivity index (χ4v) is 7.19. The Labute approximate surface area is 326 Å². The van der Waals surface area contributed by atoms with E-state index in [0.717, 1.165) is 47.9 Å². The highest BCUT2D eigenvalue weighted by Gasteiger charge is 2.44. The van der Waals surface area contributed by atoms with Crippen molar-refractivity contribution >= 4 is 46.7 Å². The van der Waals surface area contributed by atoms with Crippen LogP contribution in [0.1, 0.15) is 144 Å². The molecule has 7 nitrogen and oxygen atoms in total. The Balaban J connectivity index is 0.00000144. The Hall–Kier alpha value is -2.46. The molecule has 1 N–H and O–H groups in total. The van der Waals surface area contributed by atoms with Gasteiger partial charge in [-0.1, -0.05) is 100 Å². The SMILES string of the molecule is CC.CC.CC(=Nc1ccc(-c2ccc(OI)c3c2C2(CCCC2)CC3)cc1C)C1CCCN1C(=O)CNC=O.CCC.CCC(C)C.COC. The van der Waals surface area contributed by atoms with Crippen molar-refractivity contribution in [3.05, 3.63) is 47.0 Å². The smallest absolute Gasteiger partial charge is 0.242 e. The first-order valence-corrected chi connectivity index (χ1v) is 20.4. The van der Waals surface area contributed by atoms with Crippen molar-refractivity contribution in [3.8, 4) is 16.9 Å². The first kappa shape index (κ1) is 48.5. The van der Waals surface area contributed by atoms with Gasteiger partial charge in [0.25, 0.3) is 0 Å². The van der Waals surface area contributed by atoms with E-state index in [4.69, 9.17) is 8.06 Å². The second-order valence-electron chi connectivity index (χ2n) is 13.4. The van der Waals surface area contributed by atoms with E-state index in [0.29, 0.717) is 18.4 Å². The van der Waals surface area contributed by atoms with Gasteiger partial charge < -0.3 is 18.0 Å². The molecular formula is C43H72IN3O4. The number of hydrogen-bond donors (Lipinski definition) is 1. The van der Waals surface area contributed by atoms with Crippen LogP contribution in [0.3, 0.4) is 0 Å². The number of benzene rings is 2. The summed E-state index contributed by atoms with van der Waals surface area (Å²) in [6.45, 7) is 23.8. The highest BCUT2D eigenvalue weighted by molar-refractivity contribution is 14.1. The maximum absolute atomic E-state index is 12.5. The number of rotatable bonds is 8. The number of nitrogens with one attached hydrogen (secondary N) is 1. The van der Waals surface area contributed by atoms with Crippen LogP contribution in [-0.2, 0) is 26.2 Å². The lowest BCUT2D eigenvalue weighted by atomic mass is 9.76. The van der Waals surface area contributed by atoms with E-state index in [1.165, 1.54) is 67.2 Å². The molecule has 2 fully saturated rings. The predicted octanol–water partition coefficient (Wildman–Crippen LogP) is 11.8. The van der Waals surface area contributed by atoms with Crippen molar-refractivity contribution in [1.29, 1.82) is 0 Å². The van der Waals surface area contributed by atoms with Gasteiger partial charge in [0.1, 0.15) is 5.75 Å². The molecular weight excluding hydrogens is 749 g/mol. The molecule has 2 amide bonds. The molecule has 2 aromatic rings. The van der Waals surface area contributed by atoms with Crippen LogP contribution in [0, 0.1) is 12.8 Å². The average molecular weight is 822 g/mol. The molecule has 1 unspecified atom stereocenters. The molecule has 0 radical (unpaired) electrons. The third-order valence-electron chi connectivity index (χ3n) is 9.31. The molecule has 1 saturated heterocycles. The van der Waals surface area contributed by atoms with Gasteiger partial charge in [-0.05, 0) is 110 Å². The fourth-order valence-electron chi connectivity index (χ4n) is 6.78. The van der Waals surface area contributed by atoms with Crippen LogP contribution in [-0.4, -0.2) is 56.3 Å².